The number of sulfonamides is 1. The van der Waals surface area contributed by atoms with Crippen LogP contribution in [-0.4, -0.2) is 85.8 Å². The van der Waals surface area contributed by atoms with E-state index in [2.05, 4.69) is 9.62 Å². The molecule has 280 valence electrons. The maximum absolute atomic E-state index is 15.2. The van der Waals surface area contributed by atoms with Crippen LogP contribution in [0.2, 0.25) is 15.1 Å². The first kappa shape index (κ1) is 39.8. The van der Waals surface area contributed by atoms with Gasteiger partial charge in [-0.05, 0) is 83.0 Å². The highest BCUT2D eigenvalue weighted by molar-refractivity contribution is 7.89. The van der Waals surface area contributed by atoms with E-state index in [0.29, 0.717) is 42.8 Å². The number of aliphatic imine (C=N–C) groups is 1. The van der Waals surface area contributed by atoms with Crippen LogP contribution in [0.4, 0.5) is 4.79 Å². The van der Waals surface area contributed by atoms with Crippen molar-refractivity contribution < 1.29 is 22.7 Å². The van der Waals surface area contributed by atoms with E-state index in [-0.39, 0.29) is 52.0 Å². The van der Waals surface area contributed by atoms with Gasteiger partial charge < -0.3 is 15.4 Å². The zero-order valence-electron chi connectivity index (χ0n) is 30.2. The summed E-state index contributed by atoms with van der Waals surface area (Å²) in [7, 11) is -4.15. The van der Waals surface area contributed by atoms with Crippen LogP contribution in [0.15, 0.2) is 70.6 Å². The van der Waals surface area contributed by atoms with Gasteiger partial charge in [0.15, 0.2) is 0 Å². The lowest BCUT2D eigenvalue weighted by Crippen LogP contribution is -2.60. The normalized spacial score (nSPS) is 21.3. The van der Waals surface area contributed by atoms with Crippen molar-refractivity contribution in [2.45, 2.75) is 69.5 Å². The number of halogens is 3. The third-order valence-corrected chi connectivity index (χ3v) is 12.3. The molecule has 3 aromatic carbocycles. The van der Waals surface area contributed by atoms with Crippen LogP contribution in [0.25, 0.3) is 0 Å². The molecule has 0 radical (unpaired) electrons. The average Bonchev–Trinajstić information content (AvgIpc) is 3.31. The molecule has 2 atom stereocenters. The number of piperazine rings is 1. The fraction of sp³-hybridized carbons (Fsp3) is 0.432. The van der Waals surface area contributed by atoms with Crippen molar-refractivity contribution in [3.8, 4) is 5.75 Å². The van der Waals surface area contributed by atoms with E-state index in [9.17, 15) is 13.2 Å². The molecule has 3 amide bonds. The molecule has 11 nitrogen and oxygen atoms in total. The Bertz CT molecular complexity index is 1960. The van der Waals surface area contributed by atoms with Gasteiger partial charge in [-0.2, -0.15) is 0 Å². The molecule has 1 fully saturated rings. The minimum Gasteiger partial charge on any atom is -0.493 e. The van der Waals surface area contributed by atoms with Crippen molar-refractivity contribution in [1.29, 1.82) is 0 Å². The fourth-order valence-electron chi connectivity index (χ4n) is 6.79. The second-order valence-corrected chi connectivity index (χ2v) is 17.3. The first-order chi connectivity index (χ1) is 24.3. The minimum atomic E-state index is -4.15. The summed E-state index contributed by atoms with van der Waals surface area (Å²) in [6, 6.07) is 17.1. The van der Waals surface area contributed by atoms with Crippen LogP contribution in [0, 0.1) is 0 Å². The number of urea groups is 1. The van der Waals surface area contributed by atoms with E-state index < -0.39 is 26.6 Å². The van der Waals surface area contributed by atoms with Crippen molar-refractivity contribution in [3.63, 3.8) is 0 Å². The number of amides is 3. The smallest absolute Gasteiger partial charge is 0.326 e. The van der Waals surface area contributed by atoms with Crippen LogP contribution in [0.3, 0.4) is 0 Å². The first-order valence-electron chi connectivity index (χ1n) is 17.0. The number of carbonyl (C=O) groups is 2. The van der Waals surface area contributed by atoms with Gasteiger partial charge >= 0.3 is 6.03 Å². The number of rotatable bonds is 10. The average molecular weight is 792 g/mol. The molecule has 52 heavy (non-hydrogen) atoms. The van der Waals surface area contributed by atoms with Crippen LogP contribution in [0.5, 0.6) is 5.75 Å². The van der Waals surface area contributed by atoms with Crippen molar-refractivity contribution in [3.05, 3.63) is 92.4 Å². The number of carbonyl (C=O) groups excluding carboxylic acids is 2. The lowest BCUT2D eigenvalue weighted by molar-refractivity contribution is -0.118. The molecule has 15 heteroatoms. The quantitative estimate of drug-likeness (QED) is 0.237. The van der Waals surface area contributed by atoms with Gasteiger partial charge in [-0.15, -0.1) is 0 Å². The number of nitrogens with one attached hydrogen (secondary N) is 1. The zero-order valence-corrected chi connectivity index (χ0v) is 33.3. The first-order valence-corrected chi connectivity index (χ1v) is 19.6. The molecule has 0 spiro atoms. The highest BCUT2D eigenvalue weighted by Gasteiger charge is 2.60. The number of benzene rings is 3. The summed E-state index contributed by atoms with van der Waals surface area (Å²) < 4.78 is 36.4. The SMILES string of the molecule is CCOc1cc(Cl)c(S(=O)(=O)NC(C)(C)C)cc1C1=NC(C)(c2ccc(Cl)cc2)C(C)(c2ccc(Cl)cc2)N1C(=O)N1CCN(CCC(N)=O)CC1. The lowest BCUT2D eigenvalue weighted by atomic mass is 9.71. The number of primary amides is 1. The van der Waals surface area contributed by atoms with E-state index >= 15 is 4.79 Å². The van der Waals surface area contributed by atoms with Gasteiger partial charge in [0.05, 0.1) is 17.2 Å². The van der Waals surface area contributed by atoms with Gasteiger partial charge in [-0.25, -0.2) is 17.9 Å². The molecule has 3 N–H and O–H groups in total. The van der Waals surface area contributed by atoms with Crippen LogP contribution in [-0.2, 0) is 25.9 Å². The Kier molecular flexibility index (Phi) is 11.6. The second-order valence-electron chi connectivity index (χ2n) is 14.3. The Morgan fingerprint density at radius 3 is 2.00 bits per heavy atom. The predicted molar refractivity (Wildman–Crippen MR) is 206 cm³/mol. The molecular weight excluding hydrogens is 747 g/mol. The van der Waals surface area contributed by atoms with E-state index in [1.54, 1.807) is 61.8 Å². The molecule has 2 heterocycles. The summed E-state index contributed by atoms with van der Waals surface area (Å²) >= 11 is 19.4. The second kappa shape index (κ2) is 15.2. The predicted octanol–water partition coefficient (Wildman–Crippen LogP) is 6.63. The standard InChI is InChI=1S/C37H45Cl3N6O5S/c1-7-51-30-23-29(40)31(52(49,50)43-35(2,3)4)22-28(30)33-42-36(5,24-8-12-26(38)13-9-24)37(6,25-10-14-27(39)15-11-25)46(33)34(48)45-20-18-44(19-21-45)17-16-32(41)47/h8-15,22-23,43H,7,16-21H2,1-6H3,(H2,41,47). The summed E-state index contributed by atoms with van der Waals surface area (Å²) in [6.45, 7) is 13.4. The number of nitrogens with two attached hydrogens (primary N) is 1. The van der Waals surface area contributed by atoms with Gasteiger partial charge in [-0.1, -0.05) is 59.1 Å². The van der Waals surface area contributed by atoms with E-state index in [1.807, 2.05) is 38.1 Å². The molecule has 5 rings (SSSR count). The molecule has 0 aromatic heterocycles. The highest BCUT2D eigenvalue weighted by Crippen LogP contribution is 2.54. The summed E-state index contributed by atoms with van der Waals surface area (Å²) in [5, 5.41) is 0.998. The van der Waals surface area contributed by atoms with Gasteiger partial charge in [0, 0.05) is 60.8 Å². The Morgan fingerprint density at radius 1 is 0.923 bits per heavy atom. The van der Waals surface area contributed by atoms with Gasteiger partial charge in [0.1, 0.15) is 27.6 Å². The molecule has 0 aliphatic carbocycles. The minimum absolute atomic E-state index is 0.0477. The Labute approximate surface area is 321 Å². The molecule has 0 saturated carbocycles. The Hall–Kier alpha value is -3.39. The van der Waals surface area contributed by atoms with Gasteiger partial charge in [0.2, 0.25) is 15.9 Å². The summed E-state index contributed by atoms with van der Waals surface area (Å²) in [4.78, 5) is 37.4. The molecule has 3 aromatic rings. The summed E-state index contributed by atoms with van der Waals surface area (Å²) in [5.41, 5.74) is 3.97. The number of hydrogen-bond donors (Lipinski definition) is 2. The van der Waals surface area contributed by atoms with Crippen molar-refractivity contribution >= 4 is 62.6 Å². The lowest BCUT2D eigenvalue weighted by Gasteiger charge is -2.47. The molecule has 2 aliphatic rings. The molecule has 2 unspecified atom stereocenters. The molecule has 2 aliphatic heterocycles. The van der Waals surface area contributed by atoms with Crippen LogP contribution >= 0.6 is 34.8 Å². The van der Waals surface area contributed by atoms with Crippen LogP contribution in [0.1, 0.15) is 64.7 Å². The third-order valence-electron chi connectivity index (χ3n) is 9.56. The van der Waals surface area contributed by atoms with Gasteiger partial charge in [-0.3, -0.25) is 19.6 Å². The summed E-state index contributed by atoms with van der Waals surface area (Å²) in [6.07, 6.45) is 0.219. The Morgan fingerprint density at radius 2 is 1.48 bits per heavy atom. The number of ether oxygens (including phenoxy) is 1. The monoisotopic (exact) mass is 790 g/mol. The molecular formula is C37H45Cl3N6O5S. The largest absolute Gasteiger partial charge is 0.493 e. The number of nitrogens with zero attached hydrogens (tertiary/aromatic N) is 4. The molecule has 0 bridgehead atoms. The number of hydrogen-bond acceptors (Lipinski definition) is 7. The van der Waals surface area contributed by atoms with Crippen LogP contribution < -0.4 is 15.2 Å². The fourth-order valence-corrected chi connectivity index (χ4v) is 9.00. The number of amidine groups is 1. The maximum Gasteiger partial charge on any atom is 0.326 e. The van der Waals surface area contributed by atoms with E-state index in [0.717, 1.165) is 11.1 Å². The Balaban J connectivity index is 1.77. The van der Waals surface area contributed by atoms with Crippen molar-refractivity contribution in [2.24, 2.45) is 10.7 Å². The molecule has 1 saturated heterocycles. The highest BCUT2D eigenvalue weighted by atomic mass is 35.5. The summed E-state index contributed by atoms with van der Waals surface area (Å²) in [5.74, 6) is 0.0704. The maximum atomic E-state index is 15.2. The van der Waals surface area contributed by atoms with E-state index in [1.165, 1.54) is 12.1 Å². The third kappa shape index (κ3) is 7.93. The van der Waals surface area contributed by atoms with E-state index in [4.69, 9.17) is 50.3 Å². The van der Waals surface area contributed by atoms with Crippen molar-refractivity contribution in [2.75, 3.05) is 39.3 Å². The van der Waals surface area contributed by atoms with Crippen molar-refractivity contribution in [1.82, 2.24) is 19.4 Å². The zero-order chi connectivity index (χ0) is 38.2. The van der Waals surface area contributed by atoms with Gasteiger partial charge in [0.25, 0.3) is 0 Å². The topological polar surface area (TPSA) is 138 Å².